The van der Waals surface area contributed by atoms with Crippen molar-refractivity contribution in [3.05, 3.63) is 35.9 Å². The molecule has 11 N–H and O–H groups in total. The van der Waals surface area contributed by atoms with Crippen LogP contribution < -0.4 is 38.1 Å². The highest BCUT2D eigenvalue weighted by atomic mass is 16.4. The fourth-order valence-electron chi connectivity index (χ4n) is 3.42. The Labute approximate surface area is 242 Å². The molecule has 16 heteroatoms. The minimum atomic E-state index is -1.59. The number of nitrogens with two attached hydrogens (primary N) is 2. The van der Waals surface area contributed by atoms with E-state index in [-0.39, 0.29) is 12.3 Å². The Morgan fingerprint density at radius 3 is 1.88 bits per heavy atom. The molecule has 0 aliphatic carbocycles. The smallest absolute Gasteiger partial charge is 0.325 e. The van der Waals surface area contributed by atoms with Crippen molar-refractivity contribution in [1.82, 2.24) is 26.6 Å². The van der Waals surface area contributed by atoms with Gasteiger partial charge in [0.05, 0.1) is 25.6 Å². The van der Waals surface area contributed by atoms with E-state index in [1.165, 1.54) is 6.92 Å². The Hall–Kier alpha value is -4.57. The second-order valence-electron chi connectivity index (χ2n) is 9.84. The molecule has 232 valence electrons. The number of aliphatic hydroxyl groups is 1. The molecule has 0 aliphatic rings. The molecule has 0 heterocycles. The standard InChI is InChI=1S/C26H39N7O9/c1-13(2)21(28)25(40)32-17(10-19(27)35)24(39)33-18(12-34)22(37)29-11-20(36)31-16(9-15-7-5-4-6-8-15)23(38)30-14(3)26(41)42/h4-8,13-14,16-18,21,34H,9-12,28H2,1-3H3,(H2,27,35)(H,29,37)(H,30,38)(H,31,36)(H,32,40)(H,33,39)(H,41,42)/t14-,16-,17-,18-,21-/m0/s1. The van der Waals surface area contributed by atoms with Gasteiger partial charge in [0.1, 0.15) is 24.2 Å². The van der Waals surface area contributed by atoms with E-state index in [4.69, 9.17) is 16.6 Å². The van der Waals surface area contributed by atoms with Crippen molar-refractivity contribution in [2.24, 2.45) is 17.4 Å². The van der Waals surface area contributed by atoms with Crippen LogP contribution in [0.4, 0.5) is 0 Å². The maximum absolute atomic E-state index is 12.7. The highest BCUT2D eigenvalue weighted by Gasteiger charge is 2.30. The van der Waals surface area contributed by atoms with Gasteiger partial charge in [0.25, 0.3) is 0 Å². The van der Waals surface area contributed by atoms with Gasteiger partial charge in [-0.1, -0.05) is 44.2 Å². The SMILES string of the molecule is CC(C)[C@H](N)C(=O)N[C@@H](CC(N)=O)C(=O)N[C@@H](CO)C(=O)NCC(=O)N[C@@H](Cc1ccccc1)C(=O)N[C@@H](C)C(=O)O. The molecule has 0 aliphatic heterocycles. The predicted molar refractivity (Wildman–Crippen MR) is 148 cm³/mol. The number of benzene rings is 1. The number of carbonyl (C=O) groups is 7. The lowest BCUT2D eigenvalue weighted by molar-refractivity contribution is -0.141. The number of hydrogen-bond donors (Lipinski definition) is 9. The van der Waals surface area contributed by atoms with Crippen LogP contribution in [-0.2, 0) is 40.0 Å². The van der Waals surface area contributed by atoms with Gasteiger partial charge in [-0.25, -0.2) is 0 Å². The average Bonchev–Trinajstić information content (AvgIpc) is 2.93. The molecule has 1 aromatic carbocycles. The summed E-state index contributed by atoms with van der Waals surface area (Å²) in [5, 5.41) is 30.1. The van der Waals surface area contributed by atoms with Gasteiger partial charge in [0.15, 0.2) is 0 Å². The largest absolute Gasteiger partial charge is 0.480 e. The molecular formula is C26H39N7O9. The van der Waals surface area contributed by atoms with Gasteiger partial charge in [0, 0.05) is 6.42 Å². The summed E-state index contributed by atoms with van der Waals surface area (Å²) in [5.41, 5.74) is 11.6. The van der Waals surface area contributed by atoms with Crippen molar-refractivity contribution in [2.45, 2.75) is 63.8 Å². The Bertz CT molecular complexity index is 1130. The van der Waals surface area contributed by atoms with E-state index in [1.807, 2.05) is 0 Å². The van der Waals surface area contributed by atoms with Crippen LogP contribution in [0.2, 0.25) is 0 Å². The van der Waals surface area contributed by atoms with Crippen LogP contribution in [0, 0.1) is 5.92 Å². The fraction of sp³-hybridized carbons (Fsp3) is 0.500. The van der Waals surface area contributed by atoms with Crippen molar-refractivity contribution in [1.29, 1.82) is 0 Å². The number of primary amides is 1. The number of amides is 6. The number of aliphatic hydroxyl groups excluding tert-OH is 1. The number of carboxylic acids is 1. The van der Waals surface area contributed by atoms with Gasteiger partial charge in [-0.3, -0.25) is 33.6 Å². The topological polar surface area (TPSA) is 272 Å². The van der Waals surface area contributed by atoms with Crippen LogP contribution in [0.1, 0.15) is 32.8 Å². The first kappa shape index (κ1) is 35.5. The third-order valence-electron chi connectivity index (χ3n) is 5.96. The number of nitrogens with one attached hydrogen (secondary N) is 5. The number of aliphatic carboxylic acids is 1. The van der Waals surface area contributed by atoms with Crippen LogP contribution in [0.25, 0.3) is 0 Å². The van der Waals surface area contributed by atoms with Gasteiger partial charge >= 0.3 is 5.97 Å². The van der Waals surface area contributed by atoms with Gasteiger partial charge in [0.2, 0.25) is 35.4 Å². The third kappa shape index (κ3) is 12.3. The molecule has 5 atom stereocenters. The van der Waals surface area contributed by atoms with Crippen LogP contribution in [-0.4, -0.2) is 95.0 Å². The predicted octanol–water partition coefficient (Wildman–Crippen LogP) is -3.76. The molecule has 0 bridgehead atoms. The van der Waals surface area contributed by atoms with Crippen LogP contribution in [0.15, 0.2) is 30.3 Å². The second-order valence-corrected chi connectivity index (χ2v) is 9.84. The summed E-state index contributed by atoms with van der Waals surface area (Å²) < 4.78 is 0. The van der Waals surface area contributed by atoms with Gasteiger partial charge < -0.3 is 48.3 Å². The zero-order chi connectivity index (χ0) is 32.0. The van der Waals surface area contributed by atoms with Crippen molar-refractivity contribution in [3.8, 4) is 0 Å². The molecule has 0 unspecified atom stereocenters. The summed E-state index contributed by atoms with van der Waals surface area (Å²) in [6.07, 6.45) is -0.600. The fourth-order valence-corrected chi connectivity index (χ4v) is 3.42. The molecule has 16 nitrogen and oxygen atoms in total. The minimum Gasteiger partial charge on any atom is -0.480 e. The number of carboxylic acid groups (broad SMARTS) is 1. The Kier molecular flexibility index (Phi) is 14.6. The van der Waals surface area contributed by atoms with Crippen molar-refractivity contribution < 1.29 is 43.8 Å². The van der Waals surface area contributed by atoms with E-state index in [2.05, 4.69) is 26.6 Å². The van der Waals surface area contributed by atoms with E-state index >= 15 is 0 Å². The second kappa shape index (κ2) is 17.3. The maximum atomic E-state index is 12.7. The molecule has 0 saturated carbocycles. The lowest BCUT2D eigenvalue weighted by atomic mass is 10.0. The first-order chi connectivity index (χ1) is 19.7. The summed E-state index contributed by atoms with van der Waals surface area (Å²) in [4.78, 5) is 85.5. The van der Waals surface area contributed by atoms with E-state index in [9.17, 15) is 38.7 Å². The molecule has 0 saturated heterocycles. The van der Waals surface area contributed by atoms with Crippen molar-refractivity contribution in [2.75, 3.05) is 13.2 Å². The highest BCUT2D eigenvalue weighted by Crippen LogP contribution is 2.05. The lowest BCUT2D eigenvalue weighted by Gasteiger charge is -2.23. The third-order valence-corrected chi connectivity index (χ3v) is 5.96. The number of hydrogen-bond acceptors (Lipinski definition) is 9. The van der Waals surface area contributed by atoms with E-state index in [0.717, 1.165) is 0 Å². The van der Waals surface area contributed by atoms with Crippen LogP contribution in [0.3, 0.4) is 0 Å². The molecule has 1 rings (SSSR count). The number of rotatable bonds is 17. The summed E-state index contributed by atoms with van der Waals surface area (Å²) in [6, 6.07) is 2.09. The van der Waals surface area contributed by atoms with E-state index < -0.39 is 91.2 Å². The molecule has 0 radical (unpaired) electrons. The molecule has 6 amide bonds. The quantitative estimate of drug-likeness (QED) is 0.0850. The molecule has 42 heavy (non-hydrogen) atoms. The summed E-state index contributed by atoms with van der Waals surface area (Å²) in [6.45, 7) is 3.01. The molecular weight excluding hydrogens is 554 g/mol. The van der Waals surface area contributed by atoms with Gasteiger partial charge in [-0.05, 0) is 18.4 Å². The molecule has 1 aromatic rings. The maximum Gasteiger partial charge on any atom is 0.325 e. The van der Waals surface area contributed by atoms with E-state index in [0.29, 0.717) is 5.56 Å². The summed E-state index contributed by atoms with van der Waals surface area (Å²) in [5.74, 6) is -6.83. The Morgan fingerprint density at radius 1 is 0.786 bits per heavy atom. The summed E-state index contributed by atoms with van der Waals surface area (Å²) in [7, 11) is 0. The van der Waals surface area contributed by atoms with Crippen LogP contribution in [0.5, 0.6) is 0 Å². The van der Waals surface area contributed by atoms with Crippen molar-refractivity contribution in [3.63, 3.8) is 0 Å². The van der Waals surface area contributed by atoms with Crippen molar-refractivity contribution >= 4 is 41.4 Å². The zero-order valence-corrected chi connectivity index (χ0v) is 23.6. The summed E-state index contributed by atoms with van der Waals surface area (Å²) >= 11 is 0. The Balaban J connectivity index is 2.86. The minimum absolute atomic E-state index is 0.0153. The first-order valence-electron chi connectivity index (χ1n) is 13.1. The highest BCUT2D eigenvalue weighted by molar-refractivity contribution is 5.96. The molecule has 0 spiro atoms. The monoisotopic (exact) mass is 593 g/mol. The first-order valence-corrected chi connectivity index (χ1v) is 13.1. The molecule has 0 fully saturated rings. The zero-order valence-electron chi connectivity index (χ0n) is 23.6. The Morgan fingerprint density at radius 2 is 1.36 bits per heavy atom. The molecule has 0 aromatic heterocycles. The van der Waals surface area contributed by atoms with Gasteiger partial charge in [-0.2, -0.15) is 0 Å². The number of carbonyl (C=O) groups excluding carboxylic acids is 6. The lowest BCUT2D eigenvalue weighted by Crippen LogP contribution is -2.58. The van der Waals surface area contributed by atoms with Crippen LogP contribution >= 0.6 is 0 Å². The van der Waals surface area contributed by atoms with E-state index in [1.54, 1.807) is 44.2 Å². The average molecular weight is 594 g/mol. The van der Waals surface area contributed by atoms with Gasteiger partial charge in [-0.15, -0.1) is 0 Å². The normalized spacial score (nSPS) is 14.3.